The number of para-hydroxylation sites is 1. The number of imidazole rings is 5. The Hall–Kier alpha value is -9.98. The first-order chi connectivity index (χ1) is 40.5. The number of aromatic amines is 5. The van der Waals surface area contributed by atoms with Gasteiger partial charge in [-0.3, -0.25) is 0 Å². The second-order valence-electron chi connectivity index (χ2n) is 19.4. The molecular weight excluding hydrogens is 1090 g/mol. The van der Waals surface area contributed by atoms with Crippen molar-refractivity contribution in [1.29, 1.82) is 0 Å². The topological polar surface area (TPSA) is 179 Å². The van der Waals surface area contributed by atoms with Crippen molar-refractivity contribution < 1.29 is 4.74 Å². The summed E-state index contributed by atoms with van der Waals surface area (Å²) in [5.41, 5.74) is 23.9. The third-order valence-electron chi connectivity index (χ3n) is 13.3. The zero-order valence-electron chi connectivity index (χ0n) is 45.3. The molecule has 0 unspecified atom stereocenters. The molecule has 5 heterocycles. The van der Waals surface area contributed by atoms with Gasteiger partial charge in [0.05, 0.1) is 67.8 Å². The molecule has 10 aromatic carbocycles. The van der Waals surface area contributed by atoms with E-state index in [1.165, 1.54) is 11.1 Å². The molecule has 0 atom stereocenters. The normalized spacial score (nSPS) is 10.8. The van der Waals surface area contributed by atoms with Crippen molar-refractivity contribution in [2.45, 2.75) is 13.8 Å². The van der Waals surface area contributed by atoms with E-state index >= 15 is 0 Å². The Morgan fingerprint density at radius 3 is 1.13 bits per heavy atom. The Kier molecular flexibility index (Phi) is 16.7. The number of halogens is 3. The first-order valence-electron chi connectivity index (χ1n) is 26.5. The number of aryl methyl sites for hydroxylation is 2. The summed E-state index contributed by atoms with van der Waals surface area (Å²) in [6.07, 6.45) is 0. The van der Waals surface area contributed by atoms with Gasteiger partial charge < -0.3 is 35.4 Å². The predicted octanol–water partition coefficient (Wildman–Crippen LogP) is 18.3. The Labute approximate surface area is 493 Å². The molecule has 0 saturated carbocycles. The molecule has 408 valence electrons. The molecule has 83 heavy (non-hydrogen) atoms. The van der Waals surface area contributed by atoms with E-state index < -0.39 is 0 Å². The van der Waals surface area contributed by atoms with Crippen molar-refractivity contribution >= 4 is 95.7 Å². The fraction of sp³-hybridized carbons (Fsp3) is 0.0441. The Morgan fingerprint density at radius 1 is 0.325 bits per heavy atom. The summed E-state index contributed by atoms with van der Waals surface area (Å²) < 4.78 is 5.33. The van der Waals surface area contributed by atoms with Crippen LogP contribution in [0.25, 0.3) is 112 Å². The third-order valence-corrected chi connectivity index (χ3v) is 14.0. The second-order valence-corrected chi connectivity index (χ2v) is 20.7. The molecular formula is C68H54Cl3N11O. The average molecular weight is 1150 g/mol. The lowest BCUT2D eigenvalue weighted by atomic mass is 10.1. The molecule has 15 rings (SSSR count). The van der Waals surface area contributed by atoms with Crippen LogP contribution in [0.3, 0.4) is 0 Å². The zero-order chi connectivity index (χ0) is 57.2. The number of fused-ring (bicyclic) bond motifs is 5. The van der Waals surface area contributed by atoms with Crippen LogP contribution in [0.5, 0.6) is 5.75 Å². The first-order valence-corrected chi connectivity index (χ1v) is 27.7. The summed E-state index contributed by atoms with van der Waals surface area (Å²) in [6, 6.07) is 75.1. The van der Waals surface area contributed by atoms with Gasteiger partial charge in [0.15, 0.2) is 0 Å². The molecule has 5 aromatic heterocycles. The summed E-state index contributed by atoms with van der Waals surface area (Å²) in [5, 5.41) is 2.13. The number of nitrogens with two attached hydrogens (primary N) is 1. The summed E-state index contributed by atoms with van der Waals surface area (Å²) in [7, 11) is 1.65. The zero-order valence-corrected chi connectivity index (χ0v) is 47.6. The number of ether oxygens (including phenoxy) is 1. The number of H-pyrrole nitrogens is 5. The van der Waals surface area contributed by atoms with Gasteiger partial charge in [-0.25, -0.2) is 24.9 Å². The highest BCUT2D eigenvalue weighted by atomic mass is 35.5. The number of benzene rings is 10. The van der Waals surface area contributed by atoms with E-state index in [2.05, 4.69) is 100 Å². The maximum absolute atomic E-state index is 5.96. The number of nitrogen functional groups attached to an aromatic ring is 1. The van der Waals surface area contributed by atoms with Gasteiger partial charge in [-0.05, 0) is 123 Å². The number of aromatic nitrogens is 10. The minimum Gasteiger partial charge on any atom is -0.496 e. The monoisotopic (exact) mass is 1150 g/mol. The SMILES string of the molecule is COc1ccccc1-c1nc2ccc(Cl)cc2[nH]1.Cc1ccc2nc(-c3ccccc3)[nH]c2c1.Cc1cccc(-c2nc3ccc(Cl)cc3[nH]2)c1.Clc1ccc2nc(-c3ccccc3)[nH]c2c1.Nc1ccc2nc(-c3ccccc3)[nH]c2c1. The summed E-state index contributed by atoms with van der Waals surface area (Å²) >= 11 is 17.8. The largest absolute Gasteiger partial charge is 0.496 e. The summed E-state index contributed by atoms with van der Waals surface area (Å²) in [4.78, 5) is 39.1. The van der Waals surface area contributed by atoms with Crippen LogP contribution in [0.2, 0.25) is 15.1 Å². The van der Waals surface area contributed by atoms with Crippen LogP contribution >= 0.6 is 34.8 Å². The standard InChI is InChI=1S/C14H11ClN2O.C14H11ClN2.C14H12N2.C13H9ClN2.C13H11N3/c1-18-13-5-3-2-4-10(13)14-16-11-7-6-9(15)8-12(11)17-14;1-9-3-2-4-10(7-9)14-16-12-6-5-11(15)8-13(12)17-14;1-10-7-8-12-13(9-10)16-14(15-12)11-5-3-2-4-6-11;2*14-10-6-7-11-12(8-10)16-13(15-11)9-4-2-1-3-5-9/h2-8H,1H3,(H,16,17);2-8H,1H3,(H,16,17);2-9H,1H3,(H,15,16);1-8H,(H,15,16);1-8H,14H2,(H,15,16). The highest BCUT2D eigenvalue weighted by molar-refractivity contribution is 6.32. The van der Waals surface area contributed by atoms with Gasteiger partial charge in [-0.15, -0.1) is 0 Å². The van der Waals surface area contributed by atoms with E-state index in [-0.39, 0.29) is 0 Å². The van der Waals surface area contributed by atoms with Crippen molar-refractivity contribution in [3.05, 3.63) is 257 Å². The fourth-order valence-electron chi connectivity index (χ4n) is 9.19. The number of methoxy groups -OCH3 is 1. The summed E-state index contributed by atoms with van der Waals surface area (Å²) in [6.45, 7) is 4.16. The Balaban J connectivity index is 0.000000109. The first kappa shape index (κ1) is 55.0. The molecule has 0 aliphatic heterocycles. The highest BCUT2D eigenvalue weighted by Gasteiger charge is 2.12. The number of hydrogen-bond acceptors (Lipinski definition) is 7. The molecule has 0 saturated heterocycles. The van der Waals surface area contributed by atoms with Crippen LogP contribution in [0.15, 0.2) is 231 Å². The minimum absolute atomic E-state index is 0.692. The predicted molar refractivity (Wildman–Crippen MR) is 343 cm³/mol. The van der Waals surface area contributed by atoms with Gasteiger partial charge in [-0.2, -0.15) is 0 Å². The van der Waals surface area contributed by atoms with Crippen LogP contribution in [-0.4, -0.2) is 56.9 Å². The number of anilines is 1. The van der Waals surface area contributed by atoms with Crippen molar-refractivity contribution in [1.82, 2.24) is 49.8 Å². The van der Waals surface area contributed by atoms with Crippen molar-refractivity contribution in [3.8, 4) is 62.7 Å². The maximum Gasteiger partial charge on any atom is 0.142 e. The van der Waals surface area contributed by atoms with Gasteiger partial charge in [-0.1, -0.05) is 168 Å². The second kappa shape index (κ2) is 25.2. The quantitative estimate of drug-likeness (QED) is 0.0897. The Morgan fingerprint density at radius 2 is 0.675 bits per heavy atom. The number of nitrogens with one attached hydrogen (secondary N) is 5. The van der Waals surface area contributed by atoms with E-state index in [0.717, 1.165) is 134 Å². The fourth-order valence-corrected chi connectivity index (χ4v) is 9.71. The van der Waals surface area contributed by atoms with Crippen molar-refractivity contribution in [3.63, 3.8) is 0 Å². The van der Waals surface area contributed by atoms with Gasteiger partial charge >= 0.3 is 0 Å². The van der Waals surface area contributed by atoms with Crippen molar-refractivity contribution in [2.24, 2.45) is 0 Å². The molecule has 0 bridgehead atoms. The van der Waals surface area contributed by atoms with E-state index in [1.54, 1.807) is 7.11 Å². The molecule has 7 N–H and O–H groups in total. The van der Waals surface area contributed by atoms with Crippen LogP contribution in [0.4, 0.5) is 5.69 Å². The lowest BCUT2D eigenvalue weighted by Gasteiger charge is -2.04. The minimum atomic E-state index is 0.692. The molecule has 0 amide bonds. The molecule has 0 fully saturated rings. The third kappa shape index (κ3) is 13.5. The molecule has 0 spiro atoms. The molecule has 15 aromatic rings. The van der Waals surface area contributed by atoms with Gasteiger partial charge in [0.1, 0.15) is 34.9 Å². The lowest BCUT2D eigenvalue weighted by molar-refractivity contribution is 0.416. The maximum atomic E-state index is 5.96. The van der Waals surface area contributed by atoms with Gasteiger partial charge in [0.25, 0.3) is 0 Å². The van der Waals surface area contributed by atoms with E-state index in [1.807, 2.05) is 194 Å². The number of nitrogens with zero attached hydrogens (tertiary/aromatic N) is 5. The molecule has 12 nitrogen and oxygen atoms in total. The van der Waals surface area contributed by atoms with Crippen LogP contribution in [-0.2, 0) is 0 Å². The number of rotatable bonds is 6. The van der Waals surface area contributed by atoms with E-state index in [0.29, 0.717) is 5.02 Å². The van der Waals surface area contributed by atoms with Gasteiger partial charge in [0, 0.05) is 43.0 Å². The lowest BCUT2D eigenvalue weighted by Crippen LogP contribution is -1.88. The van der Waals surface area contributed by atoms with Crippen LogP contribution in [0.1, 0.15) is 11.1 Å². The van der Waals surface area contributed by atoms with E-state index in [4.69, 9.17) is 45.3 Å². The molecule has 0 aliphatic carbocycles. The highest BCUT2D eigenvalue weighted by Crippen LogP contribution is 2.31. The van der Waals surface area contributed by atoms with E-state index in [9.17, 15) is 0 Å². The average Bonchev–Trinajstić information content (AvgIpc) is 4.59. The van der Waals surface area contributed by atoms with Crippen LogP contribution < -0.4 is 10.5 Å². The van der Waals surface area contributed by atoms with Gasteiger partial charge in [0.2, 0.25) is 0 Å². The Bertz CT molecular complexity index is 4370. The van der Waals surface area contributed by atoms with Crippen LogP contribution in [0, 0.1) is 13.8 Å². The summed E-state index contributed by atoms with van der Waals surface area (Å²) in [5.74, 6) is 5.14. The molecule has 0 radical (unpaired) electrons. The molecule has 15 heteroatoms. The molecule has 0 aliphatic rings. The number of hydrogen-bond donors (Lipinski definition) is 6. The van der Waals surface area contributed by atoms with Crippen molar-refractivity contribution in [2.75, 3.05) is 12.8 Å². The smallest absolute Gasteiger partial charge is 0.142 e.